The van der Waals surface area contributed by atoms with Crippen molar-refractivity contribution >= 4 is 26.9 Å². The van der Waals surface area contributed by atoms with Gasteiger partial charge in [-0.15, -0.1) is 0 Å². The Morgan fingerprint density at radius 3 is 2.48 bits per heavy atom. The number of carboxylic acid groups (broad SMARTS) is 1. The highest BCUT2D eigenvalue weighted by Gasteiger charge is 2.33. The monoisotopic (exact) mass is 443 g/mol. The van der Waals surface area contributed by atoms with Crippen LogP contribution in [0.3, 0.4) is 0 Å². The third-order valence-corrected chi connectivity index (χ3v) is 6.87. The van der Waals surface area contributed by atoms with E-state index in [-0.39, 0.29) is 13.1 Å². The van der Waals surface area contributed by atoms with Crippen LogP contribution in [0.25, 0.3) is 10.9 Å². The molecule has 0 radical (unpaired) electrons. The van der Waals surface area contributed by atoms with E-state index in [1.807, 2.05) is 53.4 Å². The third kappa shape index (κ3) is 4.73. The summed E-state index contributed by atoms with van der Waals surface area (Å²) in [6.45, 7) is 1.72. The zero-order valence-corrected chi connectivity index (χ0v) is 18.0. The average Bonchev–Trinajstić information content (AvgIpc) is 3.15. The summed E-state index contributed by atoms with van der Waals surface area (Å²) in [6, 6.07) is 14.6. The van der Waals surface area contributed by atoms with Crippen LogP contribution in [-0.2, 0) is 21.4 Å². The Morgan fingerprint density at radius 1 is 1.13 bits per heavy atom. The van der Waals surface area contributed by atoms with Crippen LogP contribution in [0.2, 0.25) is 0 Å². The van der Waals surface area contributed by atoms with E-state index in [0.29, 0.717) is 31.0 Å². The molecule has 31 heavy (non-hydrogen) atoms. The van der Waals surface area contributed by atoms with Gasteiger partial charge in [-0.2, -0.15) is 4.31 Å². The average molecular weight is 444 g/mol. The maximum absolute atomic E-state index is 12.1. The zero-order valence-electron chi connectivity index (χ0n) is 17.2. The molecular formula is C22H25N3O5S. The van der Waals surface area contributed by atoms with E-state index in [9.17, 15) is 18.3 Å². The lowest BCUT2D eigenvalue weighted by atomic mass is 10.0. The van der Waals surface area contributed by atoms with Crippen molar-refractivity contribution < 1.29 is 23.1 Å². The fourth-order valence-electron chi connectivity index (χ4n) is 3.96. The Hall–Kier alpha value is -2.88. The summed E-state index contributed by atoms with van der Waals surface area (Å²) in [5, 5.41) is 10.7. The molecule has 8 nitrogen and oxygen atoms in total. The molecule has 3 aromatic rings. The zero-order chi connectivity index (χ0) is 22.0. The summed E-state index contributed by atoms with van der Waals surface area (Å²) in [7, 11) is -3.27. The van der Waals surface area contributed by atoms with E-state index >= 15 is 0 Å². The largest absolute Gasteiger partial charge is 0.489 e. The highest BCUT2D eigenvalue weighted by molar-refractivity contribution is 7.88. The van der Waals surface area contributed by atoms with Crippen molar-refractivity contribution in [1.29, 1.82) is 0 Å². The number of hydrogen-bond acceptors (Lipinski definition) is 5. The van der Waals surface area contributed by atoms with E-state index < -0.39 is 22.0 Å². The van der Waals surface area contributed by atoms with E-state index in [1.54, 1.807) is 6.20 Å². The van der Waals surface area contributed by atoms with E-state index in [4.69, 9.17) is 4.74 Å². The van der Waals surface area contributed by atoms with Crippen molar-refractivity contribution in [3.8, 4) is 5.75 Å². The van der Waals surface area contributed by atoms with Crippen LogP contribution in [-0.4, -0.2) is 66.1 Å². The topological polar surface area (TPSA) is 103 Å². The van der Waals surface area contributed by atoms with Gasteiger partial charge in [0.1, 0.15) is 18.4 Å². The summed E-state index contributed by atoms with van der Waals surface area (Å²) in [4.78, 5) is 17.1. The van der Waals surface area contributed by atoms with Crippen LogP contribution in [0.4, 0.5) is 0 Å². The van der Waals surface area contributed by atoms with E-state index in [1.165, 1.54) is 10.6 Å². The molecule has 0 saturated carbocycles. The first kappa shape index (κ1) is 21.4. The first-order valence-corrected chi connectivity index (χ1v) is 11.9. The van der Waals surface area contributed by atoms with Gasteiger partial charge < -0.3 is 14.8 Å². The second-order valence-corrected chi connectivity index (χ2v) is 9.65. The molecular weight excluding hydrogens is 418 g/mol. The fourth-order valence-corrected chi connectivity index (χ4v) is 4.79. The standard InChI is InChI=1S/C22H25N3O5S/c1-31(28,29)25-11-9-24(10-12-25)21(22(26)27)19-14-23-20-13-17(7-8-18(19)20)30-15-16-5-3-2-4-6-16/h2-8,13-14,21,23H,9-12,15H2,1H3,(H,26,27)/t21-/m1/s1. The lowest BCUT2D eigenvalue weighted by Crippen LogP contribution is -2.50. The minimum Gasteiger partial charge on any atom is -0.489 e. The predicted molar refractivity (Wildman–Crippen MR) is 117 cm³/mol. The van der Waals surface area contributed by atoms with Crippen molar-refractivity contribution in [2.75, 3.05) is 32.4 Å². The molecule has 0 unspecified atom stereocenters. The van der Waals surface area contributed by atoms with Gasteiger partial charge >= 0.3 is 5.97 Å². The smallest absolute Gasteiger partial charge is 0.325 e. The molecule has 4 rings (SSSR count). The van der Waals surface area contributed by atoms with Gasteiger partial charge in [-0.3, -0.25) is 9.69 Å². The molecule has 1 fully saturated rings. The molecule has 1 aliphatic heterocycles. The number of benzene rings is 2. The minimum atomic E-state index is -3.27. The molecule has 0 amide bonds. The number of nitrogens with one attached hydrogen (secondary N) is 1. The molecule has 0 bridgehead atoms. The Kier molecular flexibility index (Phi) is 5.99. The lowest BCUT2D eigenvalue weighted by Gasteiger charge is -2.36. The SMILES string of the molecule is CS(=O)(=O)N1CCN([C@@H](C(=O)O)c2c[nH]c3cc(OCc4ccccc4)ccc23)CC1. The first-order valence-electron chi connectivity index (χ1n) is 10.0. The number of carboxylic acids is 1. The first-order chi connectivity index (χ1) is 14.8. The molecule has 2 heterocycles. The maximum atomic E-state index is 12.1. The number of carbonyl (C=O) groups is 1. The lowest BCUT2D eigenvalue weighted by molar-refractivity contribution is -0.144. The van der Waals surface area contributed by atoms with Crippen molar-refractivity contribution in [1.82, 2.24) is 14.2 Å². The number of sulfonamides is 1. The number of ether oxygens (including phenoxy) is 1. The van der Waals surface area contributed by atoms with Crippen molar-refractivity contribution in [2.45, 2.75) is 12.6 Å². The number of aliphatic carboxylic acids is 1. The van der Waals surface area contributed by atoms with E-state index in [0.717, 1.165) is 16.5 Å². The number of hydrogen-bond donors (Lipinski definition) is 2. The number of aromatic amines is 1. The van der Waals surface area contributed by atoms with Gasteiger partial charge in [0.05, 0.1) is 6.26 Å². The number of piperazine rings is 1. The van der Waals surface area contributed by atoms with Crippen LogP contribution >= 0.6 is 0 Å². The number of nitrogens with zero attached hydrogens (tertiary/aromatic N) is 2. The molecule has 1 saturated heterocycles. The number of H-pyrrole nitrogens is 1. The Bertz CT molecular complexity index is 1170. The summed E-state index contributed by atoms with van der Waals surface area (Å²) in [5.74, 6) is -0.267. The van der Waals surface area contributed by atoms with Crippen molar-refractivity contribution in [3.63, 3.8) is 0 Å². The summed E-state index contributed by atoms with van der Waals surface area (Å²) in [6.07, 6.45) is 2.89. The molecule has 9 heteroatoms. The van der Waals surface area contributed by atoms with Crippen LogP contribution in [0.5, 0.6) is 5.75 Å². The molecule has 2 N–H and O–H groups in total. The highest BCUT2D eigenvalue weighted by Crippen LogP contribution is 2.31. The second kappa shape index (κ2) is 8.70. The molecule has 0 spiro atoms. The molecule has 1 aromatic heterocycles. The fraction of sp³-hybridized carbons (Fsp3) is 0.318. The van der Waals surface area contributed by atoms with Crippen LogP contribution in [0.1, 0.15) is 17.2 Å². The number of aromatic nitrogens is 1. The van der Waals surface area contributed by atoms with Gasteiger partial charge in [0.25, 0.3) is 0 Å². The Morgan fingerprint density at radius 2 is 1.84 bits per heavy atom. The molecule has 1 aliphatic rings. The summed E-state index contributed by atoms with van der Waals surface area (Å²) >= 11 is 0. The van der Waals surface area contributed by atoms with Crippen molar-refractivity contribution in [3.05, 3.63) is 65.9 Å². The van der Waals surface area contributed by atoms with Crippen LogP contribution < -0.4 is 4.74 Å². The molecule has 1 atom stereocenters. The molecule has 164 valence electrons. The maximum Gasteiger partial charge on any atom is 0.325 e. The second-order valence-electron chi connectivity index (χ2n) is 7.66. The summed E-state index contributed by atoms with van der Waals surface area (Å²) in [5.41, 5.74) is 2.51. The Labute approximate surface area is 181 Å². The summed E-state index contributed by atoms with van der Waals surface area (Å²) < 4.78 is 30.8. The number of fused-ring (bicyclic) bond motifs is 1. The third-order valence-electron chi connectivity index (χ3n) is 5.57. The van der Waals surface area contributed by atoms with Gasteiger partial charge in [0, 0.05) is 54.9 Å². The molecule has 2 aromatic carbocycles. The van der Waals surface area contributed by atoms with Crippen LogP contribution in [0, 0.1) is 0 Å². The van der Waals surface area contributed by atoms with Gasteiger partial charge in [0.15, 0.2) is 0 Å². The van der Waals surface area contributed by atoms with E-state index in [2.05, 4.69) is 4.98 Å². The van der Waals surface area contributed by atoms with Gasteiger partial charge in [-0.05, 0) is 17.7 Å². The minimum absolute atomic E-state index is 0.280. The quantitative estimate of drug-likeness (QED) is 0.582. The molecule has 0 aliphatic carbocycles. The number of rotatable bonds is 7. The van der Waals surface area contributed by atoms with Gasteiger partial charge in [-0.1, -0.05) is 30.3 Å². The van der Waals surface area contributed by atoms with Gasteiger partial charge in [-0.25, -0.2) is 8.42 Å². The predicted octanol–water partition coefficient (Wildman–Crippen LogP) is 2.45. The van der Waals surface area contributed by atoms with Gasteiger partial charge in [0.2, 0.25) is 10.0 Å². The highest BCUT2D eigenvalue weighted by atomic mass is 32.2. The normalized spacial score (nSPS) is 16.9. The van der Waals surface area contributed by atoms with Crippen LogP contribution in [0.15, 0.2) is 54.7 Å². The Balaban J connectivity index is 1.52. The van der Waals surface area contributed by atoms with Crippen molar-refractivity contribution in [2.24, 2.45) is 0 Å².